The quantitative estimate of drug-likeness (QED) is 0.437. The Morgan fingerprint density at radius 2 is 2.03 bits per heavy atom. The average molecular weight is 502 g/mol. The second kappa shape index (κ2) is 9.12. The number of aromatic hydroxyl groups is 1. The van der Waals surface area contributed by atoms with Crippen LogP contribution in [0.2, 0.25) is 0 Å². The molecule has 2 aromatic heterocycles. The van der Waals surface area contributed by atoms with Crippen LogP contribution in [-0.2, 0) is 7.05 Å². The normalized spacial score (nSPS) is 21.4. The van der Waals surface area contributed by atoms with Gasteiger partial charge in [-0.05, 0) is 68.5 Å². The van der Waals surface area contributed by atoms with E-state index in [1.807, 2.05) is 0 Å². The van der Waals surface area contributed by atoms with E-state index in [1.54, 1.807) is 0 Å². The van der Waals surface area contributed by atoms with Gasteiger partial charge < -0.3 is 15.7 Å². The van der Waals surface area contributed by atoms with Crippen LogP contribution < -0.4 is 16.3 Å². The minimum absolute atomic E-state index is 0.0173. The number of hydrogen-bond acceptors (Lipinski definition) is 9. The van der Waals surface area contributed by atoms with Crippen LogP contribution in [0.3, 0.4) is 0 Å². The van der Waals surface area contributed by atoms with E-state index in [-0.39, 0.29) is 28.7 Å². The third kappa shape index (κ3) is 4.50. The van der Waals surface area contributed by atoms with Crippen LogP contribution in [-0.4, -0.2) is 64.4 Å². The molecule has 0 spiro atoms. The van der Waals surface area contributed by atoms with Crippen molar-refractivity contribution in [2.75, 3.05) is 23.7 Å². The molecule has 13 heteroatoms. The molecule has 36 heavy (non-hydrogen) atoms. The molecule has 1 aromatic carbocycles. The van der Waals surface area contributed by atoms with E-state index in [0.717, 1.165) is 41.0 Å². The van der Waals surface area contributed by atoms with E-state index in [0.29, 0.717) is 18.5 Å². The fourth-order valence-electron chi connectivity index (χ4n) is 5.52. The third-order valence-corrected chi connectivity index (χ3v) is 7.11. The van der Waals surface area contributed by atoms with Crippen molar-refractivity contribution in [3.05, 3.63) is 40.4 Å². The summed E-state index contributed by atoms with van der Waals surface area (Å²) in [5.41, 5.74) is -0.743. The Morgan fingerprint density at radius 3 is 2.78 bits per heavy atom. The predicted molar refractivity (Wildman–Crippen MR) is 129 cm³/mol. The van der Waals surface area contributed by atoms with Crippen LogP contribution in [0, 0.1) is 17.6 Å². The van der Waals surface area contributed by atoms with Crippen LogP contribution in [0.5, 0.6) is 5.75 Å². The van der Waals surface area contributed by atoms with Crippen molar-refractivity contribution in [3.8, 4) is 11.4 Å². The van der Waals surface area contributed by atoms with Gasteiger partial charge in [-0.1, -0.05) is 0 Å². The molecule has 4 heterocycles. The second-order valence-electron chi connectivity index (χ2n) is 10.1. The van der Waals surface area contributed by atoms with Gasteiger partial charge in [-0.2, -0.15) is 14.3 Å². The topological polar surface area (TPSA) is 126 Å². The van der Waals surface area contributed by atoms with E-state index < -0.39 is 23.1 Å². The van der Waals surface area contributed by atoms with Crippen LogP contribution >= 0.6 is 0 Å². The molecule has 11 nitrogen and oxygen atoms in total. The highest BCUT2D eigenvalue weighted by molar-refractivity contribution is 5.63. The number of rotatable bonds is 6. The number of nitrogens with zero attached hydrogens (tertiary/aromatic N) is 7. The van der Waals surface area contributed by atoms with Crippen LogP contribution in [0.15, 0.2) is 23.1 Å². The summed E-state index contributed by atoms with van der Waals surface area (Å²) < 4.78 is 30.9. The molecule has 192 valence electrons. The van der Waals surface area contributed by atoms with Crippen molar-refractivity contribution in [1.29, 1.82) is 0 Å². The number of hydrogen-bond donors (Lipinski definition) is 3. The fraction of sp³-hybridized carbons (Fsp3) is 0.522. The highest BCUT2D eigenvalue weighted by Crippen LogP contribution is 2.40. The van der Waals surface area contributed by atoms with Gasteiger partial charge in [-0.3, -0.25) is 4.90 Å². The highest BCUT2D eigenvalue weighted by Gasteiger charge is 2.42. The Morgan fingerprint density at radius 1 is 1.22 bits per heavy atom. The molecule has 2 aliphatic rings. The number of halogens is 2. The smallest absolute Gasteiger partial charge is 0.368 e. The number of aromatic nitrogens is 6. The molecule has 3 aromatic rings. The molecule has 5 rings (SSSR count). The average Bonchev–Trinajstić information content (AvgIpc) is 3.43. The van der Waals surface area contributed by atoms with E-state index >= 15 is 0 Å². The van der Waals surface area contributed by atoms with Gasteiger partial charge in [0.15, 0.2) is 17.5 Å². The second-order valence-corrected chi connectivity index (χ2v) is 10.1. The molecule has 2 fully saturated rings. The molecule has 2 aliphatic heterocycles. The number of phenols is 1. The zero-order valence-corrected chi connectivity index (χ0v) is 20.4. The van der Waals surface area contributed by atoms with Crippen LogP contribution in [0.25, 0.3) is 5.69 Å². The largest absolute Gasteiger partial charge is 0.506 e. The predicted octanol–water partition coefficient (Wildman–Crippen LogP) is 2.55. The van der Waals surface area contributed by atoms with Crippen molar-refractivity contribution in [2.45, 2.75) is 51.1 Å². The lowest BCUT2D eigenvalue weighted by molar-refractivity contribution is 0.0288. The maximum absolute atomic E-state index is 14.6. The van der Waals surface area contributed by atoms with Crippen molar-refractivity contribution in [3.63, 3.8) is 0 Å². The van der Waals surface area contributed by atoms with E-state index in [1.165, 1.54) is 26.0 Å². The number of fused-ring (bicyclic) bond motifs is 1. The molecule has 3 N–H and O–H groups in total. The van der Waals surface area contributed by atoms with E-state index in [2.05, 4.69) is 49.8 Å². The van der Waals surface area contributed by atoms with Crippen LogP contribution in [0.1, 0.15) is 39.5 Å². The molecular formula is C23H29F2N9O2. The molecule has 0 saturated carbocycles. The van der Waals surface area contributed by atoms with E-state index in [9.17, 15) is 18.7 Å². The Kier molecular flexibility index (Phi) is 6.10. The summed E-state index contributed by atoms with van der Waals surface area (Å²) in [7, 11) is 1.39. The van der Waals surface area contributed by atoms with Crippen molar-refractivity contribution >= 4 is 17.5 Å². The Hall–Kier alpha value is -3.61. The minimum atomic E-state index is -0.818. The SMILES string of the molecule is Cn1nnn(-c2cc(Nc3ncc(F)c(NCC4CC5CCCN5C(C)(C)C4)n3)c(F)cc2O)c1=O. The summed E-state index contributed by atoms with van der Waals surface area (Å²) in [5.74, 6) is -1.60. The maximum atomic E-state index is 14.6. The number of piperidine rings is 1. The molecule has 2 unspecified atom stereocenters. The molecule has 0 amide bonds. The Bertz CT molecular complexity index is 1340. The van der Waals surface area contributed by atoms with Gasteiger partial charge in [0, 0.05) is 31.2 Å². The summed E-state index contributed by atoms with van der Waals surface area (Å²) >= 11 is 0. The summed E-state index contributed by atoms with van der Waals surface area (Å²) in [6.07, 6.45) is 5.46. The number of anilines is 3. The number of tetrazole rings is 1. The molecule has 2 atom stereocenters. The summed E-state index contributed by atoms with van der Waals surface area (Å²) in [6.45, 7) is 6.23. The summed E-state index contributed by atoms with van der Waals surface area (Å²) in [4.78, 5) is 22.9. The lowest BCUT2D eigenvalue weighted by atomic mass is 9.79. The van der Waals surface area contributed by atoms with Gasteiger partial charge in [-0.15, -0.1) is 0 Å². The zero-order chi connectivity index (χ0) is 25.6. The standard InChI is InChI=1S/C23H29F2N9O2/c1-23(2)10-13(7-14-5-4-6-33(14)23)11-26-20-16(25)12-27-21(29-20)28-17-9-18(19(35)8-15(17)24)34-22(36)32(3)30-31-34/h8-9,12-14,35H,4-7,10-11H2,1-3H3,(H2,26,27,28,29). The Labute approximate surface area is 206 Å². The first-order chi connectivity index (χ1) is 17.1. The number of benzene rings is 1. The number of aryl methyl sites for hydroxylation is 1. The van der Waals surface area contributed by atoms with Gasteiger partial charge in [-0.25, -0.2) is 18.6 Å². The lowest BCUT2D eigenvalue weighted by Crippen LogP contribution is -2.53. The minimum Gasteiger partial charge on any atom is -0.506 e. The maximum Gasteiger partial charge on any atom is 0.368 e. The number of nitrogens with one attached hydrogen (secondary N) is 2. The molecular weight excluding hydrogens is 472 g/mol. The molecule has 2 saturated heterocycles. The van der Waals surface area contributed by atoms with Crippen LogP contribution in [0.4, 0.5) is 26.2 Å². The summed E-state index contributed by atoms with van der Waals surface area (Å²) in [5, 5.41) is 23.2. The van der Waals surface area contributed by atoms with E-state index in [4.69, 9.17) is 0 Å². The van der Waals surface area contributed by atoms with Gasteiger partial charge >= 0.3 is 5.69 Å². The monoisotopic (exact) mass is 501 g/mol. The number of phenolic OH excluding ortho intramolecular Hbond substituents is 1. The van der Waals surface area contributed by atoms with Crippen molar-refractivity contribution in [1.82, 2.24) is 34.7 Å². The van der Waals surface area contributed by atoms with Crippen molar-refractivity contribution < 1.29 is 13.9 Å². The highest BCUT2D eigenvalue weighted by atomic mass is 19.1. The lowest BCUT2D eigenvalue weighted by Gasteiger charge is -2.47. The first kappa shape index (κ1) is 24.1. The Balaban J connectivity index is 1.33. The van der Waals surface area contributed by atoms with Gasteiger partial charge in [0.1, 0.15) is 11.4 Å². The third-order valence-electron chi connectivity index (χ3n) is 7.11. The fourth-order valence-corrected chi connectivity index (χ4v) is 5.52. The first-order valence-electron chi connectivity index (χ1n) is 11.9. The zero-order valence-electron chi connectivity index (χ0n) is 20.4. The molecule has 0 aliphatic carbocycles. The van der Waals surface area contributed by atoms with Gasteiger partial charge in [0.2, 0.25) is 5.95 Å². The van der Waals surface area contributed by atoms with Gasteiger partial charge in [0.05, 0.1) is 11.9 Å². The molecule has 0 radical (unpaired) electrons. The first-order valence-corrected chi connectivity index (χ1v) is 11.9. The molecule has 0 bridgehead atoms. The van der Waals surface area contributed by atoms with Crippen molar-refractivity contribution in [2.24, 2.45) is 13.0 Å². The van der Waals surface area contributed by atoms with Gasteiger partial charge in [0.25, 0.3) is 0 Å². The summed E-state index contributed by atoms with van der Waals surface area (Å²) in [6, 6.07) is 2.57.